The normalized spacial score (nSPS) is 14.3. The first-order chi connectivity index (χ1) is 8.93. The molecule has 3 rings (SSSR count). The van der Waals surface area contributed by atoms with E-state index in [9.17, 15) is 0 Å². The highest BCUT2D eigenvalue weighted by molar-refractivity contribution is 5.73. The standard InChI is InChI=1S/C17H15N/c1-3-7-14(8-4-1)16-11-12-17(18-13-16)15-9-5-2-6-10-15/h1,3-5,7-13H,2,6H2. The second-order valence-corrected chi connectivity index (χ2v) is 4.44. The van der Waals surface area contributed by atoms with Gasteiger partial charge in [0.15, 0.2) is 0 Å². The summed E-state index contributed by atoms with van der Waals surface area (Å²) in [6, 6.07) is 14.6. The average molecular weight is 233 g/mol. The van der Waals surface area contributed by atoms with E-state index < -0.39 is 0 Å². The zero-order valence-electron chi connectivity index (χ0n) is 10.2. The Kier molecular flexibility index (Phi) is 3.05. The average Bonchev–Trinajstić information content (AvgIpc) is 2.49. The molecule has 1 heteroatoms. The van der Waals surface area contributed by atoms with Gasteiger partial charge in [-0.05, 0) is 30.0 Å². The van der Waals surface area contributed by atoms with E-state index in [-0.39, 0.29) is 0 Å². The molecule has 0 fully saturated rings. The maximum Gasteiger partial charge on any atom is 0.0699 e. The molecule has 0 unspecified atom stereocenters. The maximum absolute atomic E-state index is 4.56. The highest BCUT2D eigenvalue weighted by Crippen LogP contribution is 2.23. The molecular weight excluding hydrogens is 218 g/mol. The molecule has 1 aliphatic carbocycles. The van der Waals surface area contributed by atoms with Gasteiger partial charge in [0.25, 0.3) is 0 Å². The molecule has 1 nitrogen and oxygen atoms in total. The Morgan fingerprint density at radius 1 is 0.833 bits per heavy atom. The summed E-state index contributed by atoms with van der Waals surface area (Å²) in [5, 5.41) is 0. The lowest BCUT2D eigenvalue weighted by molar-refractivity contribution is 1.04. The van der Waals surface area contributed by atoms with Gasteiger partial charge in [0, 0.05) is 11.8 Å². The van der Waals surface area contributed by atoms with Crippen molar-refractivity contribution in [3.63, 3.8) is 0 Å². The molecule has 0 aliphatic heterocycles. The molecule has 18 heavy (non-hydrogen) atoms. The molecule has 0 saturated carbocycles. The van der Waals surface area contributed by atoms with Gasteiger partial charge in [-0.1, -0.05) is 54.6 Å². The minimum absolute atomic E-state index is 1.06. The molecule has 1 aromatic heterocycles. The van der Waals surface area contributed by atoms with E-state index in [1.165, 1.54) is 16.7 Å². The number of aromatic nitrogens is 1. The van der Waals surface area contributed by atoms with Crippen molar-refractivity contribution in [1.29, 1.82) is 0 Å². The Labute approximate surface area is 108 Å². The lowest BCUT2D eigenvalue weighted by Crippen LogP contribution is -1.90. The molecule has 1 aliphatic rings. The Morgan fingerprint density at radius 2 is 1.72 bits per heavy atom. The first kappa shape index (κ1) is 11.0. The van der Waals surface area contributed by atoms with Crippen LogP contribution in [-0.2, 0) is 0 Å². The molecule has 0 N–H and O–H groups in total. The predicted octanol–water partition coefficient (Wildman–Crippen LogP) is 4.48. The van der Waals surface area contributed by atoms with E-state index in [0.717, 1.165) is 18.5 Å². The van der Waals surface area contributed by atoms with Crippen LogP contribution in [0.25, 0.3) is 16.7 Å². The second kappa shape index (κ2) is 5.01. The fourth-order valence-electron chi connectivity index (χ4n) is 2.17. The van der Waals surface area contributed by atoms with Gasteiger partial charge in [0.05, 0.1) is 5.69 Å². The molecule has 0 amide bonds. The third-order valence-electron chi connectivity index (χ3n) is 3.16. The van der Waals surface area contributed by atoms with Gasteiger partial charge in [0.1, 0.15) is 0 Å². The highest BCUT2D eigenvalue weighted by Gasteiger charge is 2.03. The number of rotatable bonds is 2. The summed E-state index contributed by atoms with van der Waals surface area (Å²) in [6.45, 7) is 0. The van der Waals surface area contributed by atoms with Crippen LogP contribution >= 0.6 is 0 Å². The van der Waals surface area contributed by atoms with Crippen LogP contribution in [0.1, 0.15) is 18.5 Å². The third kappa shape index (κ3) is 2.25. The van der Waals surface area contributed by atoms with E-state index in [1.54, 1.807) is 0 Å². The Hall–Kier alpha value is -2.15. The largest absolute Gasteiger partial charge is 0.256 e. The van der Waals surface area contributed by atoms with E-state index in [0.29, 0.717) is 0 Å². The number of allylic oxidation sites excluding steroid dienone is 4. The second-order valence-electron chi connectivity index (χ2n) is 4.44. The van der Waals surface area contributed by atoms with Crippen molar-refractivity contribution in [3.05, 3.63) is 72.6 Å². The van der Waals surface area contributed by atoms with Crippen LogP contribution in [0.15, 0.2) is 66.9 Å². The van der Waals surface area contributed by atoms with Crippen molar-refractivity contribution in [3.8, 4) is 11.1 Å². The summed E-state index contributed by atoms with van der Waals surface area (Å²) in [7, 11) is 0. The topological polar surface area (TPSA) is 12.9 Å². The first-order valence-electron chi connectivity index (χ1n) is 6.32. The molecule has 2 aromatic rings. The van der Waals surface area contributed by atoms with Gasteiger partial charge in [-0.25, -0.2) is 0 Å². The van der Waals surface area contributed by atoms with Gasteiger partial charge in [-0.15, -0.1) is 0 Å². The summed E-state index contributed by atoms with van der Waals surface area (Å²) < 4.78 is 0. The highest BCUT2D eigenvalue weighted by atomic mass is 14.7. The minimum Gasteiger partial charge on any atom is -0.256 e. The zero-order valence-corrected chi connectivity index (χ0v) is 10.2. The van der Waals surface area contributed by atoms with Crippen molar-refractivity contribution in [2.75, 3.05) is 0 Å². The number of pyridine rings is 1. The monoisotopic (exact) mass is 233 g/mol. The number of nitrogens with zero attached hydrogens (tertiary/aromatic N) is 1. The van der Waals surface area contributed by atoms with Crippen LogP contribution in [0.3, 0.4) is 0 Å². The van der Waals surface area contributed by atoms with Crippen LogP contribution in [0.4, 0.5) is 0 Å². The molecule has 0 saturated heterocycles. The lowest BCUT2D eigenvalue weighted by Gasteiger charge is -2.07. The number of benzene rings is 1. The van der Waals surface area contributed by atoms with Crippen LogP contribution < -0.4 is 0 Å². The Balaban J connectivity index is 1.90. The molecule has 0 atom stereocenters. The smallest absolute Gasteiger partial charge is 0.0699 e. The van der Waals surface area contributed by atoms with Crippen LogP contribution in [-0.4, -0.2) is 4.98 Å². The number of hydrogen-bond donors (Lipinski definition) is 0. The van der Waals surface area contributed by atoms with E-state index in [4.69, 9.17) is 0 Å². The van der Waals surface area contributed by atoms with Gasteiger partial charge < -0.3 is 0 Å². The first-order valence-corrected chi connectivity index (χ1v) is 6.32. The third-order valence-corrected chi connectivity index (χ3v) is 3.16. The van der Waals surface area contributed by atoms with Gasteiger partial charge in [0.2, 0.25) is 0 Å². The molecule has 88 valence electrons. The van der Waals surface area contributed by atoms with E-state index in [2.05, 4.69) is 59.6 Å². The van der Waals surface area contributed by atoms with Crippen LogP contribution in [0.2, 0.25) is 0 Å². The summed E-state index contributed by atoms with van der Waals surface area (Å²) in [5.41, 5.74) is 4.68. The fraction of sp³-hybridized carbons (Fsp3) is 0.118. The van der Waals surface area contributed by atoms with Crippen molar-refractivity contribution in [1.82, 2.24) is 4.98 Å². The molecule has 0 radical (unpaired) electrons. The summed E-state index contributed by atoms with van der Waals surface area (Å²) in [6.07, 6.45) is 10.8. The van der Waals surface area contributed by atoms with Gasteiger partial charge >= 0.3 is 0 Å². The summed E-state index contributed by atoms with van der Waals surface area (Å²) in [4.78, 5) is 4.56. The van der Waals surface area contributed by atoms with Crippen molar-refractivity contribution >= 4 is 5.57 Å². The van der Waals surface area contributed by atoms with Gasteiger partial charge in [-0.3, -0.25) is 4.98 Å². The Bertz CT molecular complexity index is 577. The van der Waals surface area contributed by atoms with Crippen molar-refractivity contribution in [2.45, 2.75) is 12.8 Å². The van der Waals surface area contributed by atoms with Gasteiger partial charge in [-0.2, -0.15) is 0 Å². The molecule has 1 heterocycles. The number of hydrogen-bond acceptors (Lipinski definition) is 1. The molecule has 1 aromatic carbocycles. The SMILES string of the molecule is C1=CC(c2ccc(-c3ccccc3)cn2)=CCC1. The Morgan fingerprint density at radius 3 is 2.39 bits per heavy atom. The van der Waals surface area contributed by atoms with Crippen molar-refractivity contribution in [2.24, 2.45) is 0 Å². The summed E-state index contributed by atoms with van der Waals surface area (Å²) >= 11 is 0. The molecular formula is C17H15N. The van der Waals surface area contributed by atoms with Crippen LogP contribution in [0.5, 0.6) is 0 Å². The molecule has 0 spiro atoms. The van der Waals surface area contributed by atoms with E-state index >= 15 is 0 Å². The lowest BCUT2D eigenvalue weighted by atomic mass is 10.0. The fourth-order valence-corrected chi connectivity index (χ4v) is 2.17. The van der Waals surface area contributed by atoms with Crippen LogP contribution in [0, 0.1) is 0 Å². The molecule has 0 bridgehead atoms. The van der Waals surface area contributed by atoms with Crippen molar-refractivity contribution < 1.29 is 0 Å². The maximum atomic E-state index is 4.56. The summed E-state index contributed by atoms with van der Waals surface area (Å²) in [5.74, 6) is 0. The van der Waals surface area contributed by atoms with E-state index in [1.807, 2.05) is 12.3 Å². The minimum atomic E-state index is 1.06. The quantitative estimate of drug-likeness (QED) is 0.745. The zero-order chi connectivity index (χ0) is 12.2. The predicted molar refractivity (Wildman–Crippen MR) is 76.0 cm³/mol.